The van der Waals surface area contributed by atoms with E-state index < -0.39 is 0 Å². The summed E-state index contributed by atoms with van der Waals surface area (Å²) in [6, 6.07) is 9.89. The predicted molar refractivity (Wildman–Crippen MR) is 103 cm³/mol. The van der Waals surface area contributed by atoms with Crippen LogP contribution in [0.4, 0.5) is 0 Å². The summed E-state index contributed by atoms with van der Waals surface area (Å²) in [5.74, 6) is 1.33. The highest BCUT2D eigenvalue weighted by atomic mass is 16.5. The maximum Gasteiger partial charge on any atom is 0.320 e. The highest BCUT2D eigenvalue weighted by Crippen LogP contribution is 2.29. The number of aryl methyl sites for hydroxylation is 1. The number of benzene rings is 1. The van der Waals surface area contributed by atoms with Crippen molar-refractivity contribution in [2.45, 2.75) is 45.6 Å². The molecule has 1 aromatic heterocycles. The Labute approximate surface area is 160 Å². The SMILES string of the molecule is CCOC(=O)CN(CCCCCn1nnc(-c2ccccc2)n1)CC1CC1. The summed E-state index contributed by atoms with van der Waals surface area (Å²) in [6.45, 7) is 5.44. The van der Waals surface area contributed by atoms with Crippen LogP contribution in [-0.4, -0.2) is 57.3 Å². The minimum atomic E-state index is -0.113. The molecule has 0 spiro atoms. The average molecular weight is 371 g/mol. The Bertz CT molecular complexity index is 699. The van der Waals surface area contributed by atoms with E-state index in [1.807, 2.05) is 37.3 Å². The van der Waals surface area contributed by atoms with Crippen LogP contribution in [0, 0.1) is 5.92 Å². The van der Waals surface area contributed by atoms with Crippen molar-refractivity contribution in [2.24, 2.45) is 5.92 Å². The predicted octanol–water partition coefficient (Wildman–Crippen LogP) is 2.79. The molecule has 0 saturated heterocycles. The summed E-state index contributed by atoms with van der Waals surface area (Å²) in [5, 5.41) is 12.7. The van der Waals surface area contributed by atoms with Gasteiger partial charge in [-0.1, -0.05) is 36.8 Å². The van der Waals surface area contributed by atoms with E-state index in [4.69, 9.17) is 4.74 Å². The van der Waals surface area contributed by atoms with Crippen LogP contribution >= 0.6 is 0 Å². The third-order valence-corrected chi connectivity index (χ3v) is 4.69. The van der Waals surface area contributed by atoms with Crippen molar-refractivity contribution in [3.05, 3.63) is 30.3 Å². The van der Waals surface area contributed by atoms with E-state index >= 15 is 0 Å². The highest BCUT2D eigenvalue weighted by Gasteiger charge is 2.25. The van der Waals surface area contributed by atoms with Gasteiger partial charge in [0.05, 0.1) is 19.7 Å². The lowest BCUT2D eigenvalue weighted by atomic mass is 10.2. The van der Waals surface area contributed by atoms with Gasteiger partial charge in [0.1, 0.15) is 0 Å². The fraction of sp³-hybridized carbons (Fsp3) is 0.600. The molecule has 3 rings (SSSR count). The van der Waals surface area contributed by atoms with Gasteiger partial charge in [0.15, 0.2) is 0 Å². The van der Waals surface area contributed by atoms with Gasteiger partial charge in [-0.05, 0) is 50.3 Å². The largest absolute Gasteiger partial charge is 0.465 e. The molecule has 0 atom stereocenters. The molecule has 0 amide bonds. The first-order valence-electron chi connectivity index (χ1n) is 9.96. The van der Waals surface area contributed by atoms with Gasteiger partial charge in [0.2, 0.25) is 5.82 Å². The molecule has 1 saturated carbocycles. The molecule has 1 aliphatic carbocycles. The average Bonchev–Trinajstić information content (AvgIpc) is 3.36. The van der Waals surface area contributed by atoms with Crippen molar-refractivity contribution in [3.8, 4) is 11.4 Å². The molecule has 1 aliphatic rings. The van der Waals surface area contributed by atoms with Crippen LogP contribution < -0.4 is 0 Å². The number of hydrogen-bond acceptors (Lipinski definition) is 6. The number of unbranched alkanes of at least 4 members (excludes halogenated alkanes) is 2. The fourth-order valence-electron chi connectivity index (χ4n) is 3.10. The molecular formula is C20H29N5O2. The molecule has 2 aromatic rings. The number of carbonyl (C=O) groups is 1. The molecule has 0 unspecified atom stereocenters. The molecule has 0 aliphatic heterocycles. The Kier molecular flexibility index (Phi) is 7.33. The lowest BCUT2D eigenvalue weighted by Crippen LogP contribution is -2.33. The van der Waals surface area contributed by atoms with Gasteiger partial charge in [-0.3, -0.25) is 9.69 Å². The van der Waals surface area contributed by atoms with E-state index in [0.29, 0.717) is 19.0 Å². The number of hydrogen-bond donors (Lipinski definition) is 0. The monoisotopic (exact) mass is 371 g/mol. The summed E-state index contributed by atoms with van der Waals surface area (Å²) in [4.78, 5) is 15.7. The zero-order valence-corrected chi connectivity index (χ0v) is 16.1. The summed E-state index contributed by atoms with van der Waals surface area (Å²) in [6.07, 6.45) is 5.72. The van der Waals surface area contributed by atoms with Crippen molar-refractivity contribution < 1.29 is 9.53 Å². The van der Waals surface area contributed by atoms with Crippen molar-refractivity contribution in [2.75, 3.05) is 26.2 Å². The molecule has 1 fully saturated rings. The van der Waals surface area contributed by atoms with E-state index in [2.05, 4.69) is 20.3 Å². The van der Waals surface area contributed by atoms with Gasteiger partial charge in [-0.15, -0.1) is 10.2 Å². The quantitative estimate of drug-likeness (QED) is 0.422. The van der Waals surface area contributed by atoms with Crippen LogP contribution in [0.1, 0.15) is 39.0 Å². The summed E-state index contributed by atoms with van der Waals surface area (Å²) < 4.78 is 5.09. The van der Waals surface area contributed by atoms with Crippen molar-refractivity contribution >= 4 is 5.97 Å². The maximum atomic E-state index is 11.8. The lowest BCUT2D eigenvalue weighted by molar-refractivity contribution is -0.144. The topological polar surface area (TPSA) is 73.1 Å². The van der Waals surface area contributed by atoms with E-state index in [-0.39, 0.29) is 5.97 Å². The van der Waals surface area contributed by atoms with Crippen LogP contribution in [0.2, 0.25) is 0 Å². The van der Waals surface area contributed by atoms with Crippen LogP contribution in [0.3, 0.4) is 0 Å². The fourth-order valence-corrected chi connectivity index (χ4v) is 3.10. The lowest BCUT2D eigenvalue weighted by Gasteiger charge is -2.21. The summed E-state index contributed by atoms with van der Waals surface area (Å²) in [5.41, 5.74) is 0.985. The number of esters is 1. The number of aromatic nitrogens is 4. The minimum Gasteiger partial charge on any atom is -0.465 e. The Morgan fingerprint density at radius 2 is 2.04 bits per heavy atom. The Morgan fingerprint density at radius 1 is 1.22 bits per heavy atom. The molecule has 0 bridgehead atoms. The number of ether oxygens (including phenoxy) is 1. The number of rotatable bonds is 12. The molecule has 1 aromatic carbocycles. The Morgan fingerprint density at radius 3 is 2.78 bits per heavy atom. The van der Waals surface area contributed by atoms with Crippen LogP contribution in [0.25, 0.3) is 11.4 Å². The molecule has 0 N–H and O–H groups in total. The third kappa shape index (κ3) is 6.75. The normalized spacial score (nSPS) is 13.9. The van der Waals surface area contributed by atoms with Crippen LogP contribution in [0.15, 0.2) is 30.3 Å². The number of carbonyl (C=O) groups excluding carboxylic acids is 1. The minimum absolute atomic E-state index is 0.113. The van der Waals surface area contributed by atoms with Gasteiger partial charge in [-0.25, -0.2) is 0 Å². The maximum absolute atomic E-state index is 11.8. The van der Waals surface area contributed by atoms with Gasteiger partial charge >= 0.3 is 5.97 Å². The second-order valence-corrected chi connectivity index (χ2v) is 7.12. The molecule has 27 heavy (non-hydrogen) atoms. The van der Waals surface area contributed by atoms with Gasteiger partial charge in [0, 0.05) is 12.1 Å². The van der Waals surface area contributed by atoms with Crippen molar-refractivity contribution in [3.63, 3.8) is 0 Å². The van der Waals surface area contributed by atoms with Gasteiger partial charge in [-0.2, -0.15) is 4.80 Å². The first-order valence-corrected chi connectivity index (χ1v) is 9.96. The molecular weight excluding hydrogens is 342 g/mol. The number of nitrogens with zero attached hydrogens (tertiary/aromatic N) is 5. The number of tetrazole rings is 1. The summed E-state index contributed by atoms with van der Waals surface area (Å²) in [7, 11) is 0. The first kappa shape index (κ1) is 19.5. The molecule has 7 nitrogen and oxygen atoms in total. The van der Waals surface area contributed by atoms with Gasteiger partial charge < -0.3 is 4.74 Å². The first-order chi connectivity index (χ1) is 13.2. The zero-order valence-electron chi connectivity index (χ0n) is 16.1. The van der Waals surface area contributed by atoms with Crippen molar-refractivity contribution in [1.29, 1.82) is 0 Å². The van der Waals surface area contributed by atoms with Crippen molar-refractivity contribution in [1.82, 2.24) is 25.1 Å². The van der Waals surface area contributed by atoms with Crippen LogP contribution in [0.5, 0.6) is 0 Å². The Balaban J connectivity index is 1.36. The Hall–Kier alpha value is -2.28. The third-order valence-electron chi connectivity index (χ3n) is 4.69. The molecule has 0 radical (unpaired) electrons. The summed E-state index contributed by atoms with van der Waals surface area (Å²) >= 11 is 0. The van der Waals surface area contributed by atoms with E-state index in [9.17, 15) is 4.79 Å². The zero-order chi connectivity index (χ0) is 18.9. The molecule has 7 heteroatoms. The second kappa shape index (κ2) is 10.2. The van der Waals surface area contributed by atoms with Gasteiger partial charge in [0.25, 0.3) is 0 Å². The second-order valence-electron chi connectivity index (χ2n) is 7.12. The van der Waals surface area contributed by atoms with E-state index in [1.165, 1.54) is 12.8 Å². The standard InChI is InChI=1S/C20H29N5O2/c1-2-27-19(26)16-24(15-17-11-12-17)13-7-4-8-14-25-22-20(21-23-25)18-9-5-3-6-10-18/h3,5-6,9-10,17H,2,4,7-8,11-16H2,1H3. The van der Waals surface area contributed by atoms with Crippen LogP contribution in [-0.2, 0) is 16.1 Å². The van der Waals surface area contributed by atoms with E-state index in [0.717, 1.165) is 50.4 Å². The molecule has 1 heterocycles. The smallest absolute Gasteiger partial charge is 0.320 e. The van der Waals surface area contributed by atoms with E-state index in [1.54, 1.807) is 4.80 Å². The molecule has 146 valence electrons. The highest BCUT2D eigenvalue weighted by molar-refractivity contribution is 5.71.